The van der Waals surface area contributed by atoms with Crippen LogP contribution in [0.3, 0.4) is 0 Å². The van der Waals surface area contributed by atoms with E-state index in [1.165, 1.54) is 0 Å². The molecular formula is C18H15N5O. The van der Waals surface area contributed by atoms with E-state index >= 15 is 0 Å². The maximum atomic E-state index is 12.5. The van der Waals surface area contributed by atoms with Crippen LogP contribution in [0.5, 0.6) is 0 Å². The van der Waals surface area contributed by atoms with E-state index in [1.54, 1.807) is 16.9 Å². The van der Waals surface area contributed by atoms with Gasteiger partial charge >= 0.3 is 0 Å². The highest BCUT2D eigenvalue weighted by Crippen LogP contribution is 2.20. The second-order valence-corrected chi connectivity index (χ2v) is 5.65. The van der Waals surface area contributed by atoms with Crippen LogP contribution in [0.2, 0.25) is 0 Å². The number of nitrogens with zero attached hydrogens (tertiary/aromatic N) is 4. The number of hydrogen-bond donors (Lipinski definition) is 1. The van der Waals surface area contributed by atoms with E-state index in [0.29, 0.717) is 11.4 Å². The Balaban J connectivity index is 1.66. The van der Waals surface area contributed by atoms with Crippen molar-refractivity contribution < 1.29 is 4.79 Å². The molecule has 0 aliphatic heterocycles. The van der Waals surface area contributed by atoms with Gasteiger partial charge < -0.3 is 5.32 Å². The summed E-state index contributed by atoms with van der Waals surface area (Å²) in [6.07, 6.45) is 1.63. The highest BCUT2D eigenvalue weighted by molar-refractivity contribution is 6.04. The quantitative estimate of drug-likeness (QED) is 0.616. The highest BCUT2D eigenvalue weighted by atomic mass is 16.1. The first kappa shape index (κ1) is 14.3. The van der Waals surface area contributed by atoms with Crippen LogP contribution in [0.4, 0.5) is 5.69 Å². The number of pyridine rings is 2. The third kappa shape index (κ3) is 2.38. The third-order valence-corrected chi connectivity index (χ3v) is 3.95. The van der Waals surface area contributed by atoms with Gasteiger partial charge in [-0.2, -0.15) is 5.10 Å². The van der Waals surface area contributed by atoms with Crippen LogP contribution in [0.1, 0.15) is 16.2 Å². The molecule has 0 spiro atoms. The first-order valence-electron chi connectivity index (χ1n) is 7.58. The molecule has 1 N–H and O–H groups in total. The average Bonchev–Trinajstić information content (AvgIpc) is 2.88. The number of fused-ring (bicyclic) bond motifs is 2. The van der Waals surface area contributed by atoms with Crippen molar-refractivity contribution in [2.45, 2.75) is 6.92 Å². The fraction of sp³-hybridized carbons (Fsp3) is 0.111. The minimum atomic E-state index is -0.261. The molecule has 4 aromatic rings. The predicted molar refractivity (Wildman–Crippen MR) is 92.9 cm³/mol. The number of rotatable bonds is 2. The number of hydrogen-bond acceptors (Lipinski definition) is 4. The molecule has 1 aromatic carbocycles. The lowest BCUT2D eigenvalue weighted by atomic mass is 10.2. The van der Waals surface area contributed by atoms with E-state index in [1.807, 2.05) is 50.4 Å². The van der Waals surface area contributed by atoms with Gasteiger partial charge in [0.05, 0.1) is 23.1 Å². The van der Waals surface area contributed by atoms with E-state index < -0.39 is 0 Å². The molecule has 0 atom stereocenters. The van der Waals surface area contributed by atoms with Crippen LogP contribution in [0.15, 0.2) is 48.7 Å². The van der Waals surface area contributed by atoms with Crippen molar-refractivity contribution >= 4 is 33.5 Å². The fourth-order valence-electron chi connectivity index (χ4n) is 2.76. The number of nitrogens with one attached hydrogen (secondary N) is 1. The molecule has 6 heteroatoms. The van der Waals surface area contributed by atoms with Crippen LogP contribution in [0.25, 0.3) is 21.9 Å². The van der Waals surface area contributed by atoms with E-state index in [9.17, 15) is 4.79 Å². The Bertz CT molecular complexity index is 1080. The Morgan fingerprint density at radius 2 is 2.00 bits per heavy atom. The zero-order chi connectivity index (χ0) is 16.7. The molecule has 4 rings (SSSR count). The summed E-state index contributed by atoms with van der Waals surface area (Å²) in [5, 5.41) is 9.10. The number of benzene rings is 1. The SMILES string of the molecule is Cc1nn(C)c2ncc(NC(=O)c3ccc4ccccc4n3)cc12. The normalized spacial score (nSPS) is 11.1. The van der Waals surface area contributed by atoms with Crippen molar-refractivity contribution in [1.82, 2.24) is 19.7 Å². The van der Waals surface area contributed by atoms with Crippen LogP contribution >= 0.6 is 0 Å². The topological polar surface area (TPSA) is 72.7 Å². The third-order valence-electron chi connectivity index (χ3n) is 3.95. The van der Waals surface area contributed by atoms with Gasteiger partial charge in [-0.25, -0.2) is 9.97 Å². The lowest BCUT2D eigenvalue weighted by Gasteiger charge is -2.06. The van der Waals surface area contributed by atoms with Gasteiger partial charge in [-0.05, 0) is 25.1 Å². The van der Waals surface area contributed by atoms with Crippen LogP contribution in [0, 0.1) is 6.92 Å². The van der Waals surface area contributed by atoms with Crippen molar-refractivity contribution in [3.63, 3.8) is 0 Å². The van der Waals surface area contributed by atoms with Crippen molar-refractivity contribution in [2.24, 2.45) is 7.05 Å². The Labute approximate surface area is 138 Å². The minimum absolute atomic E-state index is 0.261. The smallest absolute Gasteiger partial charge is 0.274 e. The molecule has 0 saturated carbocycles. The Morgan fingerprint density at radius 3 is 2.88 bits per heavy atom. The van der Waals surface area contributed by atoms with Gasteiger partial charge in [-0.3, -0.25) is 9.48 Å². The molecule has 6 nitrogen and oxygen atoms in total. The van der Waals surface area contributed by atoms with Crippen molar-refractivity contribution in [1.29, 1.82) is 0 Å². The standard InChI is InChI=1S/C18H15N5O/c1-11-14-9-13(10-19-17(14)23(2)22-11)20-18(24)16-8-7-12-5-3-4-6-15(12)21-16/h3-10H,1-2H3,(H,20,24). The first-order chi connectivity index (χ1) is 11.6. The summed E-state index contributed by atoms with van der Waals surface area (Å²) in [7, 11) is 1.85. The maximum absolute atomic E-state index is 12.5. The van der Waals surface area contributed by atoms with Crippen molar-refractivity contribution in [2.75, 3.05) is 5.32 Å². The van der Waals surface area contributed by atoms with E-state index in [0.717, 1.165) is 27.6 Å². The van der Waals surface area contributed by atoms with E-state index in [-0.39, 0.29) is 5.91 Å². The van der Waals surface area contributed by atoms with Crippen molar-refractivity contribution in [3.8, 4) is 0 Å². The monoisotopic (exact) mass is 317 g/mol. The molecule has 3 heterocycles. The number of carbonyl (C=O) groups is 1. The molecule has 24 heavy (non-hydrogen) atoms. The first-order valence-corrected chi connectivity index (χ1v) is 7.58. The van der Waals surface area contributed by atoms with Gasteiger partial charge in [0.2, 0.25) is 0 Å². The van der Waals surface area contributed by atoms with E-state index in [4.69, 9.17) is 0 Å². The number of aryl methyl sites for hydroxylation is 2. The summed E-state index contributed by atoms with van der Waals surface area (Å²) < 4.78 is 1.72. The molecule has 118 valence electrons. The zero-order valence-corrected chi connectivity index (χ0v) is 13.3. The summed E-state index contributed by atoms with van der Waals surface area (Å²) in [5.41, 5.74) is 3.45. The van der Waals surface area contributed by atoms with Gasteiger partial charge in [0.15, 0.2) is 5.65 Å². The van der Waals surface area contributed by atoms with Crippen molar-refractivity contribution in [3.05, 3.63) is 60.0 Å². The summed E-state index contributed by atoms with van der Waals surface area (Å²) in [6, 6.07) is 13.2. The molecule has 0 unspecified atom stereocenters. The number of aromatic nitrogens is 4. The van der Waals surface area contributed by atoms with E-state index in [2.05, 4.69) is 20.4 Å². The Morgan fingerprint density at radius 1 is 1.17 bits per heavy atom. The lowest BCUT2D eigenvalue weighted by Crippen LogP contribution is -2.13. The number of carbonyl (C=O) groups excluding carboxylic acids is 1. The molecule has 0 aliphatic carbocycles. The molecule has 0 fully saturated rings. The minimum Gasteiger partial charge on any atom is -0.319 e. The fourth-order valence-corrected chi connectivity index (χ4v) is 2.76. The lowest BCUT2D eigenvalue weighted by molar-refractivity contribution is 0.102. The van der Waals surface area contributed by atoms with Crippen LogP contribution in [-0.2, 0) is 7.05 Å². The van der Waals surface area contributed by atoms with Gasteiger partial charge in [-0.1, -0.05) is 24.3 Å². The number of para-hydroxylation sites is 1. The largest absolute Gasteiger partial charge is 0.319 e. The molecule has 0 aliphatic rings. The molecule has 0 radical (unpaired) electrons. The molecule has 0 bridgehead atoms. The molecule has 0 saturated heterocycles. The van der Waals surface area contributed by atoms with Gasteiger partial charge in [-0.15, -0.1) is 0 Å². The molecule has 3 aromatic heterocycles. The molecular weight excluding hydrogens is 302 g/mol. The van der Waals surface area contributed by atoms with Gasteiger partial charge in [0.1, 0.15) is 5.69 Å². The maximum Gasteiger partial charge on any atom is 0.274 e. The Kier molecular flexibility index (Phi) is 3.23. The number of amides is 1. The van der Waals surface area contributed by atoms with Crippen LogP contribution < -0.4 is 5.32 Å². The summed E-state index contributed by atoms with van der Waals surface area (Å²) in [5.74, 6) is -0.261. The van der Waals surface area contributed by atoms with Crippen LogP contribution in [-0.4, -0.2) is 25.7 Å². The van der Waals surface area contributed by atoms with Gasteiger partial charge in [0.25, 0.3) is 5.91 Å². The highest BCUT2D eigenvalue weighted by Gasteiger charge is 2.11. The zero-order valence-electron chi connectivity index (χ0n) is 13.3. The average molecular weight is 317 g/mol. The van der Waals surface area contributed by atoms with Gasteiger partial charge in [0, 0.05) is 17.8 Å². The molecule has 1 amide bonds. The second kappa shape index (κ2) is 5.42. The number of anilines is 1. The second-order valence-electron chi connectivity index (χ2n) is 5.65. The summed E-state index contributed by atoms with van der Waals surface area (Å²) >= 11 is 0. The Hall–Kier alpha value is -3.28. The summed E-state index contributed by atoms with van der Waals surface area (Å²) in [6.45, 7) is 1.92. The summed E-state index contributed by atoms with van der Waals surface area (Å²) in [4.78, 5) is 21.2. The predicted octanol–water partition coefficient (Wildman–Crippen LogP) is 3.08.